The smallest absolute Gasteiger partial charge is 0.135 e. The molecule has 1 aliphatic rings. The number of aromatic nitrogens is 2. The van der Waals surface area contributed by atoms with Crippen molar-refractivity contribution in [2.24, 2.45) is 0 Å². The molecule has 0 atom stereocenters. The molecule has 0 bridgehead atoms. The third-order valence-corrected chi connectivity index (χ3v) is 3.50. The maximum absolute atomic E-state index is 6.07. The van der Waals surface area contributed by atoms with Gasteiger partial charge in [0.2, 0.25) is 0 Å². The maximum atomic E-state index is 6.07. The van der Waals surface area contributed by atoms with Crippen molar-refractivity contribution in [3.05, 3.63) is 46.4 Å². The van der Waals surface area contributed by atoms with Gasteiger partial charge in [-0.1, -0.05) is 23.7 Å². The van der Waals surface area contributed by atoms with E-state index in [2.05, 4.69) is 47.3 Å². The van der Waals surface area contributed by atoms with E-state index in [1.165, 1.54) is 24.0 Å². The number of hydrogen-bond donors (Lipinski definition) is 1. The first-order valence-electron chi connectivity index (χ1n) is 6.50. The van der Waals surface area contributed by atoms with Crippen molar-refractivity contribution < 1.29 is 0 Å². The van der Waals surface area contributed by atoms with Crippen LogP contribution < -0.4 is 5.32 Å². The number of nitrogens with zero attached hydrogens (tertiary/aromatic N) is 2. The Bertz CT molecular complexity index is 621. The van der Waals surface area contributed by atoms with E-state index in [0.717, 1.165) is 17.3 Å². The summed E-state index contributed by atoms with van der Waals surface area (Å²) in [5.41, 5.74) is 3.47. The van der Waals surface area contributed by atoms with Crippen LogP contribution in [0.25, 0.3) is 0 Å². The van der Waals surface area contributed by atoms with E-state index < -0.39 is 0 Å². The Morgan fingerprint density at radius 1 is 1.16 bits per heavy atom. The molecule has 1 aliphatic carbocycles. The Balaban J connectivity index is 1.92. The molecule has 1 N–H and O–H groups in total. The van der Waals surface area contributed by atoms with Crippen LogP contribution in [-0.2, 0) is 0 Å². The minimum absolute atomic E-state index is 0.498. The van der Waals surface area contributed by atoms with Crippen molar-refractivity contribution in [3.63, 3.8) is 0 Å². The number of halogens is 1. The van der Waals surface area contributed by atoms with E-state index in [0.29, 0.717) is 11.1 Å². The summed E-state index contributed by atoms with van der Waals surface area (Å²) in [7, 11) is 0. The quantitative estimate of drug-likeness (QED) is 0.844. The SMILES string of the molecule is Cc1ccc(C)c(Nc2cc(Cl)nc(C3CC3)n2)c1. The lowest BCUT2D eigenvalue weighted by molar-refractivity contribution is 0.930. The Morgan fingerprint density at radius 3 is 2.68 bits per heavy atom. The topological polar surface area (TPSA) is 37.8 Å². The van der Waals surface area contributed by atoms with Gasteiger partial charge in [0.05, 0.1) is 0 Å². The van der Waals surface area contributed by atoms with Crippen LogP contribution >= 0.6 is 11.6 Å². The molecule has 0 saturated heterocycles. The van der Waals surface area contributed by atoms with E-state index in [9.17, 15) is 0 Å². The monoisotopic (exact) mass is 273 g/mol. The molecule has 3 rings (SSSR count). The summed E-state index contributed by atoms with van der Waals surface area (Å²) in [4.78, 5) is 8.85. The lowest BCUT2D eigenvalue weighted by Gasteiger charge is -2.11. The van der Waals surface area contributed by atoms with E-state index >= 15 is 0 Å². The number of rotatable bonds is 3. The molecule has 2 aromatic rings. The third-order valence-electron chi connectivity index (χ3n) is 3.31. The zero-order valence-corrected chi connectivity index (χ0v) is 11.8. The van der Waals surface area contributed by atoms with Crippen molar-refractivity contribution in [3.8, 4) is 0 Å². The predicted molar refractivity (Wildman–Crippen MR) is 78.2 cm³/mol. The number of hydrogen-bond acceptors (Lipinski definition) is 3. The Labute approximate surface area is 118 Å². The number of nitrogens with one attached hydrogen (secondary N) is 1. The largest absolute Gasteiger partial charge is 0.340 e. The lowest BCUT2D eigenvalue weighted by atomic mass is 10.1. The molecule has 0 aliphatic heterocycles. The summed E-state index contributed by atoms with van der Waals surface area (Å²) < 4.78 is 0. The third kappa shape index (κ3) is 2.87. The average molecular weight is 274 g/mol. The molecule has 1 aromatic heterocycles. The molecule has 1 saturated carbocycles. The highest BCUT2D eigenvalue weighted by Crippen LogP contribution is 2.39. The first kappa shape index (κ1) is 12.4. The van der Waals surface area contributed by atoms with Gasteiger partial charge in [-0.15, -0.1) is 0 Å². The van der Waals surface area contributed by atoms with Crippen LogP contribution in [0, 0.1) is 13.8 Å². The average Bonchev–Trinajstić information content (AvgIpc) is 3.17. The molecule has 1 fully saturated rings. The maximum Gasteiger partial charge on any atom is 0.135 e. The van der Waals surface area contributed by atoms with Gasteiger partial charge in [0, 0.05) is 17.7 Å². The van der Waals surface area contributed by atoms with Crippen LogP contribution in [0.1, 0.15) is 35.7 Å². The summed E-state index contributed by atoms with van der Waals surface area (Å²) in [5, 5.41) is 3.85. The van der Waals surface area contributed by atoms with Gasteiger partial charge in [-0.3, -0.25) is 0 Å². The molecule has 19 heavy (non-hydrogen) atoms. The molecular formula is C15H16ClN3. The molecular weight excluding hydrogens is 258 g/mol. The highest BCUT2D eigenvalue weighted by atomic mass is 35.5. The highest BCUT2D eigenvalue weighted by molar-refractivity contribution is 6.29. The van der Waals surface area contributed by atoms with E-state index in [1.54, 1.807) is 6.07 Å². The van der Waals surface area contributed by atoms with Gasteiger partial charge in [-0.25, -0.2) is 9.97 Å². The first-order chi connectivity index (χ1) is 9.11. The van der Waals surface area contributed by atoms with E-state index in [1.807, 2.05) is 0 Å². The molecule has 0 unspecified atom stereocenters. The zero-order chi connectivity index (χ0) is 13.4. The molecule has 0 spiro atoms. The zero-order valence-electron chi connectivity index (χ0n) is 11.1. The number of benzene rings is 1. The van der Waals surface area contributed by atoms with Gasteiger partial charge in [0.25, 0.3) is 0 Å². The highest BCUT2D eigenvalue weighted by Gasteiger charge is 2.27. The van der Waals surface area contributed by atoms with Crippen molar-refractivity contribution in [2.75, 3.05) is 5.32 Å². The molecule has 4 heteroatoms. The molecule has 1 heterocycles. The summed E-state index contributed by atoms with van der Waals surface area (Å²) in [6.45, 7) is 4.15. The standard InChI is InChI=1S/C15H16ClN3/c1-9-3-4-10(2)12(7-9)17-14-8-13(16)18-15(19-14)11-5-6-11/h3-4,7-8,11H,5-6H2,1-2H3,(H,17,18,19). The van der Waals surface area contributed by atoms with Gasteiger partial charge in [-0.05, 0) is 43.9 Å². The molecule has 98 valence electrons. The molecule has 3 nitrogen and oxygen atoms in total. The van der Waals surface area contributed by atoms with E-state index in [4.69, 9.17) is 11.6 Å². The Morgan fingerprint density at radius 2 is 1.95 bits per heavy atom. The van der Waals surface area contributed by atoms with Crippen molar-refractivity contribution in [1.82, 2.24) is 9.97 Å². The molecule has 0 amide bonds. The van der Waals surface area contributed by atoms with Crippen LogP contribution in [-0.4, -0.2) is 9.97 Å². The lowest BCUT2D eigenvalue weighted by Crippen LogP contribution is -2.00. The minimum atomic E-state index is 0.498. The van der Waals surface area contributed by atoms with Gasteiger partial charge < -0.3 is 5.32 Å². The van der Waals surface area contributed by atoms with Crippen LogP contribution in [0.2, 0.25) is 5.15 Å². The first-order valence-corrected chi connectivity index (χ1v) is 6.88. The Kier molecular flexibility index (Phi) is 3.15. The predicted octanol–water partition coefficient (Wildman–Crippen LogP) is 4.37. The number of anilines is 2. The second-order valence-electron chi connectivity index (χ2n) is 5.15. The van der Waals surface area contributed by atoms with Gasteiger partial charge in [0.1, 0.15) is 16.8 Å². The molecule has 0 radical (unpaired) electrons. The minimum Gasteiger partial charge on any atom is -0.340 e. The number of aryl methyl sites for hydroxylation is 2. The van der Waals surface area contributed by atoms with Crippen LogP contribution in [0.15, 0.2) is 24.3 Å². The van der Waals surface area contributed by atoms with Crippen LogP contribution in [0.5, 0.6) is 0 Å². The summed E-state index contributed by atoms with van der Waals surface area (Å²) in [6, 6.07) is 8.09. The van der Waals surface area contributed by atoms with E-state index in [-0.39, 0.29) is 0 Å². The fourth-order valence-corrected chi connectivity index (χ4v) is 2.22. The van der Waals surface area contributed by atoms with Gasteiger partial charge in [-0.2, -0.15) is 0 Å². The van der Waals surface area contributed by atoms with Crippen molar-refractivity contribution in [2.45, 2.75) is 32.6 Å². The second kappa shape index (κ2) is 4.82. The molecule has 1 aromatic carbocycles. The van der Waals surface area contributed by atoms with Crippen molar-refractivity contribution in [1.29, 1.82) is 0 Å². The summed E-state index contributed by atoms with van der Waals surface area (Å²) >= 11 is 6.07. The summed E-state index contributed by atoms with van der Waals surface area (Å²) in [5.74, 6) is 2.13. The normalized spacial score (nSPS) is 14.5. The van der Waals surface area contributed by atoms with Gasteiger partial charge in [0.15, 0.2) is 0 Å². The second-order valence-corrected chi connectivity index (χ2v) is 5.54. The van der Waals surface area contributed by atoms with Crippen molar-refractivity contribution >= 4 is 23.1 Å². The Hall–Kier alpha value is -1.61. The van der Waals surface area contributed by atoms with Crippen LogP contribution in [0.3, 0.4) is 0 Å². The summed E-state index contributed by atoms with van der Waals surface area (Å²) in [6.07, 6.45) is 2.34. The van der Waals surface area contributed by atoms with Crippen LogP contribution in [0.4, 0.5) is 11.5 Å². The van der Waals surface area contributed by atoms with Gasteiger partial charge >= 0.3 is 0 Å². The fraction of sp³-hybridized carbons (Fsp3) is 0.333. The fourth-order valence-electron chi connectivity index (χ4n) is 2.03.